The molecule has 1 atom stereocenters. The summed E-state index contributed by atoms with van der Waals surface area (Å²) in [6, 6.07) is 8.14. The molecular formula is C16H25N3O. The first kappa shape index (κ1) is 14.9. The van der Waals surface area contributed by atoms with Gasteiger partial charge < -0.3 is 16.0 Å². The van der Waals surface area contributed by atoms with Gasteiger partial charge in [-0.2, -0.15) is 0 Å². The van der Waals surface area contributed by atoms with Crippen molar-refractivity contribution in [3.05, 3.63) is 29.8 Å². The summed E-state index contributed by atoms with van der Waals surface area (Å²) in [6.07, 6.45) is 6.16. The standard InChI is InChI=1S/C16H25N3O/c1-2-3-9-19-10-5-8-15(19)12-13-6-4-7-14(11-13)18-16(17)20/h4,6-7,11,15H,2-3,5,8-10,12H2,1H3,(H3,17,18,20). The molecule has 1 aromatic rings. The van der Waals surface area contributed by atoms with Gasteiger partial charge in [-0.05, 0) is 56.5 Å². The quantitative estimate of drug-likeness (QED) is 0.838. The average molecular weight is 275 g/mol. The van der Waals surface area contributed by atoms with Crippen LogP contribution in [0.5, 0.6) is 0 Å². The first-order chi connectivity index (χ1) is 9.69. The molecule has 2 rings (SSSR count). The van der Waals surface area contributed by atoms with Crippen LogP contribution >= 0.6 is 0 Å². The van der Waals surface area contributed by atoms with Crippen LogP contribution in [-0.2, 0) is 6.42 Å². The molecule has 0 spiro atoms. The first-order valence-corrected chi connectivity index (χ1v) is 7.58. The SMILES string of the molecule is CCCCN1CCCC1Cc1cccc(NC(N)=O)c1. The summed E-state index contributed by atoms with van der Waals surface area (Å²) in [5, 5.41) is 2.64. The van der Waals surface area contributed by atoms with Gasteiger partial charge in [-0.3, -0.25) is 0 Å². The molecule has 0 radical (unpaired) electrons. The molecular weight excluding hydrogens is 250 g/mol. The lowest BCUT2D eigenvalue weighted by Crippen LogP contribution is -2.32. The molecule has 4 nitrogen and oxygen atoms in total. The summed E-state index contributed by atoms with van der Waals surface area (Å²) in [7, 11) is 0. The van der Waals surface area contributed by atoms with Crippen LogP contribution in [0.2, 0.25) is 0 Å². The fraction of sp³-hybridized carbons (Fsp3) is 0.562. The molecule has 1 aliphatic heterocycles. The van der Waals surface area contributed by atoms with E-state index in [1.165, 1.54) is 44.3 Å². The Labute approximate surface area is 121 Å². The highest BCUT2D eigenvalue weighted by Crippen LogP contribution is 2.22. The van der Waals surface area contributed by atoms with Crippen LogP contribution in [0.4, 0.5) is 10.5 Å². The molecule has 2 amide bonds. The van der Waals surface area contributed by atoms with E-state index in [-0.39, 0.29) is 0 Å². The van der Waals surface area contributed by atoms with Crippen molar-refractivity contribution in [2.45, 2.75) is 45.1 Å². The molecule has 110 valence electrons. The summed E-state index contributed by atoms with van der Waals surface area (Å²) in [6.45, 7) is 4.67. The molecule has 1 fully saturated rings. The van der Waals surface area contributed by atoms with Crippen molar-refractivity contribution in [3.63, 3.8) is 0 Å². The highest BCUT2D eigenvalue weighted by molar-refractivity contribution is 5.87. The maximum Gasteiger partial charge on any atom is 0.316 e. The average Bonchev–Trinajstić information content (AvgIpc) is 2.83. The number of benzene rings is 1. The van der Waals surface area contributed by atoms with Crippen LogP contribution < -0.4 is 11.1 Å². The Balaban J connectivity index is 1.96. The van der Waals surface area contributed by atoms with Crippen molar-refractivity contribution in [1.29, 1.82) is 0 Å². The van der Waals surface area contributed by atoms with Gasteiger partial charge in [0, 0.05) is 11.7 Å². The number of nitrogens with one attached hydrogen (secondary N) is 1. The van der Waals surface area contributed by atoms with Gasteiger partial charge in [0.15, 0.2) is 0 Å². The zero-order valence-electron chi connectivity index (χ0n) is 12.3. The summed E-state index contributed by atoms with van der Waals surface area (Å²) >= 11 is 0. The van der Waals surface area contributed by atoms with Crippen molar-refractivity contribution in [3.8, 4) is 0 Å². The third kappa shape index (κ3) is 4.23. The second-order valence-corrected chi connectivity index (χ2v) is 5.58. The van der Waals surface area contributed by atoms with Crippen LogP contribution in [0, 0.1) is 0 Å². The maximum atomic E-state index is 10.9. The first-order valence-electron chi connectivity index (χ1n) is 7.58. The zero-order chi connectivity index (χ0) is 14.4. The summed E-state index contributed by atoms with van der Waals surface area (Å²) in [5.41, 5.74) is 7.21. The van der Waals surface area contributed by atoms with Gasteiger partial charge in [-0.25, -0.2) is 4.79 Å². The lowest BCUT2D eigenvalue weighted by molar-refractivity contribution is 0.248. The molecule has 1 saturated heterocycles. The number of likely N-dealkylation sites (tertiary alicyclic amines) is 1. The fourth-order valence-electron chi connectivity index (χ4n) is 2.97. The normalized spacial score (nSPS) is 19.1. The number of hydrogen-bond acceptors (Lipinski definition) is 2. The number of carbonyl (C=O) groups is 1. The Bertz CT molecular complexity index is 447. The van der Waals surface area contributed by atoms with Gasteiger partial charge in [-0.15, -0.1) is 0 Å². The third-order valence-corrected chi connectivity index (χ3v) is 3.96. The Morgan fingerprint density at radius 1 is 1.50 bits per heavy atom. The minimum atomic E-state index is -0.507. The summed E-state index contributed by atoms with van der Waals surface area (Å²) in [4.78, 5) is 13.5. The highest BCUT2D eigenvalue weighted by atomic mass is 16.2. The third-order valence-electron chi connectivity index (χ3n) is 3.96. The zero-order valence-corrected chi connectivity index (χ0v) is 12.3. The van der Waals surface area contributed by atoms with E-state index in [1.807, 2.05) is 18.2 Å². The van der Waals surface area contributed by atoms with Crippen LogP contribution in [0.1, 0.15) is 38.2 Å². The van der Waals surface area contributed by atoms with Gasteiger partial charge >= 0.3 is 6.03 Å². The number of primary amides is 1. The number of urea groups is 1. The van der Waals surface area contributed by atoms with Gasteiger partial charge in [0.25, 0.3) is 0 Å². The van der Waals surface area contributed by atoms with Gasteiger partial charge in [0.05, 0.1) is 0 Å². The molecule has 0 aliphatic carbocycles. The molecule has 3 N–H and O–H groups in total. The largest absolute Gasteiger partial charge is 0.351 e. The number of unbranched alkanes of at least 4 members (excludes halogenated alkanes) is 1. The number of rotatable bonds is 6. The van der Waals surface area contributed by atoms with E-state index in [0.717, 1.165) is 12.1 Å². The van der Waals surface area contributed by atoms with E-state index in [0.29, 0.717) is 6.04 Å². The predicted octanol–water partition coefficient (Wildman–Crippen LogP) is 2.98. The molecule has 1 aromatic carbocycles. The van der Waals surface area contributed by atoms with Gasteiger partial charge in [-0.1, -0.05) is 25.5 Å². The Morgan fingerprint density at radius 3 is 3.10 bits per heavy atom. The minimum Gasteiger partial charge on any atom is -0.351 e. The second kappa shape index (κ2) is 7.29. The second-order valence-electron chi connectivity index (χ2n) is 5.58. The molecule has 1 unspecified atom stereocenters. The van der Waals surface area contributed by atoms with E-state index >= 15 is 0 Å². The fourth-order valence-corrected chi connectivity index (χ4v) is 2.97. The van der Waals surface area contributed by atoms with E-state index < -0.39 is 6.03 Å². The molecule has 0 aromatic heterocycles. The molecule has 0 saturated carbocycles. The summed E-state index contributed by atoms with van der Waals surface area (Å²) < 4.78 is 0. The van der Waals surface area contributed by atoms with Gasteiger partial charge in [0.2, 0.25) is 0 Å². The molecule has 20 heavy (non-hydrogen) atoms. The van der Waals surface area contributed by atoms with E-state index in [9.17, 15) is 4.79 Å². The van der Waals surface area contributed by atoms with E-state index in [2.05, 4.69) is 23.2 Å². The number of hydrogen-bond donors (Lipinski definition) is 2. The van der Waals surface area contributed by atoms with E-state index in [4.69, 9.17) is 5.73 Å². The number of anilines is 1. The van der Waals surface area contributed by atoms with Crippen molar-refractivity contribution in [1.82, 2.24) is 4.90 Å². The minimum absolute atomic E-state index is 0.507. The lowest BCUT2D eigenvalue weighted by atomic mass is 10.0. The van der Waals surface area contributed by atoms with Gasteiger partial charge in [0.1, 0.15) is 0 Å². The van der Waals surface area contributed by atoms with Crippen LogP contribution in [0.25, 0.3) is 0 Å². The van der Waals surface area contributed by atoms with Crippen LogP contribution in [0.15, 0.2) is 24.3 Å². The monoisotopic (exact) mass is 275 g/mol. The van der Waals surface area contributed by atoms with Crippen LogP contribution in [0.3, 0.4) is 0 Å². The van der Waals surface area contributed by atoms with Crippen LogP contribution in [-0.4, -0.2) is 30.1 Å². The Hall–Kier alpha value is -1.55. The summed E-state index contributed by atoms with van der Waals surface area (Å²) in [5.74, 6) is 0. The van der Waals surface area contributed by atoms with Crippen molar-refractivity contribution in [2.24, 2.45) is 5.73 Å². The van der Waals surface area contributed by atoms with Crippen molar-refractivity contribution >= 4 is 11.7 Å². The number of amides is 2. The Morgan fingerprint density at radius 2 is 2.35 bits per heavy atom. The van der Waals surface area contributed by atoms with E-state index in [1.54, 1.807) is 0 Å². The molecule has 4 heteroatoms. The molecule has 1 heterocycles. The predicted molar refractivity (Wildman–Crippen MR) is 82.9 cm³/mol. The Kier molecular flexibility index (Phi) is 5.41. The number of nitrogens with two attached hydrogens (primary N) is 1. The van der Waals surface area contributed by atoms with Crippen molar-refractivity contribution in [2.75, 3.05) is 18.4 Å². The smallest absolute Gasteiger partial charge is 0.316 e. The molecule has 0 bridgehead atoms. The maximum absolute atomic E-state index is 10.9. The van der Waals surface area contributed by atoms with Crippen molar-refractivity contribution < 1.29 is 4.79 Å². The number of carbonyl (C=O) groups excluding carboxylic acids is 1. The molecule has 1 aliphatic rings. The lowest BCUT2D eigenvalue weighted by Gasteiger charge is -2.24. The highest BCUT2D eigenvalue weighted by Gasteiger charge is 2.23. The number of nitrogens with zero attached hydrogens (tertiary/aromatic N) is 1. The topological polar surface area (TPSA) is 58.4 Å².